The Morgan fingerprint density at radius 3 is 1.03 bits per heavy atom. The van der Waals surface area contributed by atoms with Crippen LogP contribution >= 0.6 is 11.8 Å². The van der Waals surface area contributed by atoms with Crippen LogP contribution in [0.1, 0.15) is 53.3 Å². The van der Waals surface area contributed by atoms with Gasteiger partial charge in [0.1, 0.15) is 9.84 Å². The number of sulfone groups is 1. The zero-order valence-corrected chi connectivity index (χ0v) is 29.3. The zero-order valence-electron chi connectivity index (χ0n) is 26.8. The molecule has 0 spiro atoms. The highest BCUT2D eigenvalue weighted by atomic mass is 32.2. The standard InChI is InChI=1S/C6H12.C4H6N2O.C4H8.C3H9N.C2H6O2S.C2H6OS.C2H6O.C2H6S/c1-5(2)6(3)4;1-3-5-6-4(2)7-3;2*1-4(2)3;1-5(2,3)4;1-4(2)3;2*1-3-2/h1-4H3;1-2H3;1H2,2-3H3;1-3H3;1-2H3;1-2H3;2*1-2H3. The Bertz CT molecular complexity index is 664. The quantitative estimate of drug-likeness (QED) is 0.359. The molecule has 0 bridgehead atoms. The van der Waals surface area contributed by atoms with E-state index in [4.69, 9.17) is 4.42 Å². The highest BCUT2D eigenvalue weighted by molar-refractivity contribution is 7.97. The SMILES string of the molecule is C=C(C)C.CC(C)=C(C)C.CN(C)C.COC.CS(C)(=O)=O.CS(C)=O.CSC.Cc1nnc(C)o1. The molecule has 36 heavy (non-hydrogen) atoms. The number of methoxy groups -OCH3 is 1. The van der Waals surface area contributed by atoms with E-state index in [-0.39, 0.29) is 0 Å². The Kier molecular flexibility index (Phi) is 55.2. The van der Waals surface area contributed by atoms with Gasteiger partial charge in [0.25, 0.3) is 0 Å². The van der Waals surface area contributed by atoms with Gasteiger partial charge >= 0.3 is 0 Å². The Morgan fingerprint density at radius 1 is 0.889 bits per heavy atom. The van der Waals surface area contributed by atoms with Crippen LogP contribution in [0.25, 0.3) is 0 Å². The van der Waals surface area contributed by atoms with Crippen LogP contribution in [0.3, 0.4) is 0 Å². The van der Waals surface area contributed by atoms with E-state index in [2.05, 4.69) is 49.2 Å². The molecule has 0 fully saturated rings. The number of thioether (sulfide) groups is 1. The lowest BCUT2D eigenvalue weighted by Gasteiger charge is -1.90. The van der Waals surface area contributed by atoms with Gasteiger partial charge in [-0.1, -0.05) is 16.7 Å². The van der Waals surface area contributed by atoms with Crippen molar-refractivity contribution in [1.82, 2.24) is 15.1 Å². The lowest BCUT2D eigenvalue weighted by atomic mass is 10.2. The summed E-state index contributed by atoms with van der Waals surface area (Å²) in [5.74, 6) is 1.25. The maximum Gasteiger partial charge on any atom is 0.213 e. The zero-order chi connectivity index (χ0) is 31.1. The molecule has 0 saturated carbocycles. The Hall–Kier alpha value is -1.01. The van der Waals surface area contributed by atoms with Gasteiger partial charge in [-0.2, -0.15) is 11.8 Å². The second-order valence-corrected chi connectivity index (χ2v) is 13.2. The fourth-order valence-corrected chi connectivity index (χ4v) is 0.395. The first-order valence-corrected chi connectivity index (χ1v) is 16.7. The Morgan fingerprint density at radius 2 is 1.00 bits per heavy atom. The van der Waals surface area contributed by atoms with E-state index in [0.717, 1.165) is 12.5 Å². The molecule has 11 heteroatoms. The molecule has 1 aromatic rings. The third-order valence-electron chi connectivity index (χ3n) is 1.63. The third kappa shape index (κ3) is 235. The fraction of sp³-hybridized carbons (Fsp3) is 0.760. The molecule has 0 saturated heterocycles. The molecular weight excluding hydrogens is 518 g/mol. The summed E-state index contributed by atoms with van der Waals surface area (Å²) < 4.78 is 37.9. The van der Waals surface area contributed by atoms with Crippen molar-refractivity contribution in [1.29, 1.82) is 0 Å². The van der Waals surface area contributed by atoms with Crippen molar-refractivity contribution in [2.75, 3.05) is 72.9 Å². The molecule has 1 aromatic heterocycles. The lowest BCUT2D eigenvalue weighted by molar-refractivity contribution is 0.277. The van der Waals surface area contributed by atoms with Crippen LogP contribution in [0.5, 0.6) is 0 Å². The minimum absolute atomic E-state index is 0.611. The molecule has 0 amide bonds. The smallest absolute Gasteiger partial charge is 0.213 e. The van der Waals surface area contributed by atoms with Crippen molar-refractivity contribution in [3.8, 4) is 0 Å². The van der Waals surface area contributed by atoms with Gasteiger partial charge < -0.3 is 14.1 Å². The van der Waals surface area contributed by atoms with Crippen molar-refractivity contribution in [3.05, 3.63) is 35.1 Å². The number of ether oxygens (including phenoxy) is 1. The maximum atomic E-state index is 9.63. The van der Waals surface area contributed by atoms with Gasteiger partial charge in [-0.05, 0) is 75.2 Å². The average Bonchev–Trinajstić information content (AvgIpc) is 2.96. The summed E-state index contributed by atoms with van der Waals surface area (Å²) in [6, 6.07) is 0. The van der Waals surface area contributed by atoms with Crippen LogP contribution in [0.2, 0.25) is 0 Å². The van der Waals surface area contributed by atoms with Crippen LogP contribution in [0, 0.1) is 13.8 Å². The Labute approximate surface area is 232 Å². The van der Waals surface area contributed by atoms with Crippen molar-refractivity contribution >= 4 is 32.4 Å². The highest BCUT2D eigenvalue weighted by Crippen LogP contribution is 1.97. The number of rotatable bonds is 0. The normalized spacial score (nSPS) is 8.47. The molecule has 0 radical (unpaired) electrons. The van der Waals surface area contributed by atoms with Gasteiger partial charge in [0.2, 0.25) is 11.8 Å². The van der Waals surface area contributed by atoms with Crippen LogP contribution < -0.4 is 0 Å². The summed E-state index contributed by atoms with van der Waals surface area (Å²) >= 11 is 1.75. The van der Waals surface area contributed by atoms with Gasteiger partial charge in [-0.3, -0.25) is 4.21 Å². The first-order valence-electron chi connectivity index (χ1n) is 10.8. The second kappa shape index (κ2) is 38.5. The van der Waals surface area contributed by atoms with E-state index in [0.29, 0.717) is 11.8 Å². The number of hydrogen-bond donors (Lipinski definition) is 0. The van der Waals surface area contributed by atoms with Gasteiger partial charge in [-0.25, -0.2) is 8.42 Å². The van der Waals surface area contributed by atoms with Crippen LogP contribution in [0.4, 0.5) is 0 Å². The monoisotopic (exact) mass is 577 g/mol. The predicted molar refractivity (Wildman–Crippen MR) is 167 cm³/mol. The number of nitrogens with zero attached hydrogens (tertiary/aromatic N) is 3. The molecule has 0 unspecified atom stereocenters. The van der Waals surface area contributed by atoms with Gasteiger partial charge in [-0.15, -0.1) is 16.8 Å². The van der Waals surface area contributed by atoms with Crippen molar-refractivity contribution < 1.29 is 21.8 Å². The largest absolute Gasteiger partial charge is 0.426 e. The number of allylic oxidation sites excluding steroid dienone is 3. The van der Waals surface area contributed by atoms with Crippen LogP contribution in [-0.2, 0) is 25.4 Å². The van der Waals surface area contributed by atoms with E-state index in [1.807, 2.05) is 52.4 Å². The number of aryl methyl sites for hydroxylation is 2. The lowest BCUT2D eigenvalue weighted by Crippen LogP contribution is -1.99. The van der Waals surface area contributed by atoms with E-state index >= 15 is 0 Å². The minimum atomic E-state index is -2.67. The minimum Gasteiger partial charge on any atom is -0.426 e. The molecule has 222 valence electrons. The third-order valence-corrected chi connectivity index (χ3v) is 1.63. The molecular formula is C25H59N3O5S3. The van der Waals surface area contributed by atoms with E-state index in [9.17, 15) is 12.6 Å². The maximum absolute atomic E-state index is 9.63. The Balaban J connectivity index is -0.0000000545. The van der Waals surface area contributed by atoms with Gasteiger partial charge in [0, 0.05) is 63.9 Å². The number of hydrogen-bond acceptors (Lipinski definition) is 9. The van der Waals surface area contributed by atoms with Crippen LogP contribution in [0.15, 0.2) is 27.7 Å². The predicted octanol–water partition coefficient (Wildman–Crippen LogP) is 5.71. The molecule has 0 aromatic carbocycles. The topological polar surface area (TPSA) is 103 Å². The summed E-state index contributed by atoms with van der Waals surface area (Å²) in [5.41, 5.74) is 4.02. The molecule has 0 N–H and O–H groups in total. The second-order valence-electron chi connectivity index (χ2n) is 8.59. The summed E-state index contributed by atoms with van der Waals surface area (Å²) in [4.78, 5) is 2.00. The number of aromatic nitrogens is 2. The van der Waals surface area contributed by atoms with Gasteiger partial charge in [0.05, 0.1) is 0 Å². The van der Waals surface area contributed by atoms with E-state index < -0.39 is 20.6 Å². The molecule has 0 aliphatic rings. The molecule has 1 heterocycles. The molecule has 0 atom stereocenters. The molecule has 0 aliphatic heterocycles. The van der Waals surface area contributed by atoms with Crippen molar-refractivity contribution in [2.45, 2.75) is 55.4 Å². The first kappa shape index (κ1) is 51.6. The highest BCUT2D eigenvalue weighted by Gasteiger charge is 1.89. The fourth-order valence-electron chi connectivity index (χ4n) is 0.395. The average molecular weight is 578 g/mol. The van der Waals surface area contributed by atoms with E-state index in [1.54, 1.807) is 52.3 Å². The van der Waals surface area contributed by atoms with Crippen molar-refractivity contribution in [3.63, 3.8) is 0 Å². The molecule has 8 nitrogen and oxygen atoms in total. The summed E-state index contributed by atoms with van der Waals surface area (Å²) in [7, 11) is 5.97. The molecule has 1 rings (SSSR count). The summed E-state index contributed by atoms with van der Waals surface area (Å²) in [6.45, 7) is 19.5. The first-order chi connectivity index (χ1) is 16.0. The summed E-state index contributed by atoms with van der Waals surface area (Å²) in [5, 5.41) is 7.20. The summed E-state index contributed by atoms with van der Waals surface area (Å²) in [6.07, 6.45) is 9.68. The van der Waals surface area contributed by atoms with Crippen molar-refractivity contribution in [2.24, 2.45) is 0 Å². The molecule has 0 aliphatic carbocycles. The van der Waals surface area contributed by atoms with Crippen LogP contribution in [-0.4, -0.2) is 101 Å². The van der Waals surface area contributed by atoms with Gasteiger partial charge in [0.15, 0.2) is 0 Å². The van der Waals surface area contributed by atoms with E-state index in [1.165, 1.54) is 16.7 Å².